The van der Waals surface area contributed by atoms with Crippen molar-refractivity contribution in [3.8, 4) is 5.75 Å². The largest absolute Gasteiger partial charge is 0.492 e. The predicted octanol–water partition coefficient (Wildman–Crippen LogP) is 3.88. The summed E-state index contributed by atoms with van der Waals surface area (Å²) in [4.78, 5) is 13.2. The SMILES string of the molecule is CCOc1ccccc1NC(=O)[C@H](Sc1nnnn1C1CC1)c1ccccc1. The van der Waals surface area contributed by atoms with Gasteiger partial charge in [0.1, 0.15) is 11.0 Å². The number of rotatable bonds is 8. The van der Waals surface area contributed by atoms with Crippen LogP contribution in [0.1, 0.15) is 36.6 Å². The van der Waals surface area contributed by atoms with Crippen molar-refractivity contribution < 1.29 is 9.53 Å². The van der Waals surface area contributed by atoms with Crippen LogP contribution in [-0.4, -0.2) is 32.7 Å². The molecule has 7 nitrogen and oxygen atoms in total. The van der Waals surface area contributed by atoms with Gasteiger partial charge in [0.15, 0.2) is 0 Å². The Morgan fingerprint density at radius 3 is 2.71 bits per heavy atom. The smallest absolute Gasteiger partial charge is 0.242 e. The molecule has 1 heterocycles. The van der Waals surface area contributed by atoms with Gasteiger partial charge in [0, 0.05) is 0 Å². The highest BCUT2D eigenvalue weighted by Crippen LogP contribution is 2.41. The normalized spacial score (nSPS) is 14.5. The fourth-order valence-corrected chi connectivity index (χ4v) is 3.91. The lowest BCUT2D eigenvalue weighted by Gasteiger charge is -2.18. The minimum Gasteiger partial charge on any atom is -0.492 e. The van der Waals surface area contributed by atoms with Gasteiger partial charge in [-0.2, -0.15) is 0 Å². The van der Waals surface area contributed by atoms with Gasteiger partial charge in [-0.3, -0.25) is 4.79 Å². The maximum absolute atomic E-state index is 13.2. The number of nitrogens with one attached hydrogen (secondary N) is 1. The highest BCUT2D eigenvalue weighted by atomic mass is 32.2. The van der Waals surface area contributed by atoms with E-state index in [1.54, 1.807) is 0 Å². The Balaban J connectivity index is 1.60. The summed E-state index contributed by atoms with van der Waals surface area (Å²) >= 11 is 1.36. The highest BCUT2D eigenvalue weighted by Gasteiger charge is 2.31. The number of carbonyl (C=O) groups is 1. The number of para-hydroxylation sites is 2. The molecule has 1 aliphatic carbocycles. The summed E-state index contributed by atoms with van der Waals surface area (Å²) in [5.74, 6) is 0.506. The van der Waals surface area contributed by atoms with Gasteiger partial charge in [-0.15, -0.1) is 5.10 Å². The van der Waals surface area contributed by atoms with E-state index >= 15 is 0 Å². The van der Waals surface area contributed by atoms with E-state index in [-0.39, 0.29) is 5.91 Å². The van der Waals surface area contributed by atoms with E-state index in [0.717, 1.165) is 18.4 Å². The average molecular weight is 395 g/mol. The Labute approximate surface area is 167 Å². The van der Waals surface area contributed by atoms with E-state index in [4.69, 9.17) is 4.74 Å². The number of benzene rings is 2. The molecule has 4 rings (SSSR count). The van der Waals surface area contributed by atoms with Crippen molar-refractivity contribution in [2.24, 2.45) is 0 Å². The number of aromatic nitrogens is 4. The molecule has 0 unspecified atom stereocenters. The molecule has 1 aromatic heterocycles. The lowest BCUT2D eigenvalue weighted by molar-refractivity contribution is -0.115. The molecule has 1 fully saturated rings. The van der Waals surface area contributed by atoms with Gasteiger partial charge in [-0.25, -0.2) is 4.68 Å². The summed E-state index contributed by atoms with van der Waals surface area (Å²) in [6, 6.07) is 17.4. The molecule has 0 bridgehead atoms. The van der Waals surface area contributed by atoms with E-state index in [1.165, 1.54) is 11.8 Å². The Hall–Kier alpha value is -2.87. The number of anilines is 1. The van der Waals surface area contributed by atoms with E-state index in [2.05, 4.69) is 20.8 Å². The molecule has 2 aromatic carbocycles. The molecule has 0 saturated heterocycles. The first kappa shape index (κ1) is 18.5. The first-order chi connectivity index (χ1) is 13.8. The summed E-state index contributed by atoms with van der Waals surface area (Å²) in [5, 5.41) is 15.2. The van der Waals surface area contributed by atoms with Crippen molar-refractivity contribution in [3.05, 3.63) is 60.2 Å². The number of ether oxygens (including phenoxy) is 1. The topological polar surface area (TPSA) is 81.9 Å². The summed E-state index contributed by atoms with van der Waals surface area (Å²) in [6.45, 7) is 2.44. The molecule has 0 spiro atoms. The van der Waals surface area contributed by atoms with Crippen LogP contribution in [0.4, 0.5) is 5.69 Å². The molecule has 1 saturated carbocycles. The minimum absolute atomic E-state index is 0.145. The zero-order chi connectivity index (χ0) is 19.3. The van der Waals surface area contributed by atoms with Crippen molar-refractivity contribution in [3.63, 3.8) is 0 Å². The van der Waals surface area contributed by atoms with Gasteiger partial charge in [-0.1, -0.05) is 54.2 Å². The van der Waals surface area contributed by atoms with Gasteiger partial charge < -0.3 is 10.1 Å². The van der Waals surface area contributed by atoms with Crippen LogP contribution in [0, 0.1) is 0 Å². The van der Waals surface area contributed by atoms with Crippen molar-refractivity contribution in [1.82, 2.24) is 20.2 Å². The maximum atomic E-state index is 13.2. The molecule has 1 amide bonds. The number of amides is 1. The predicted molar refractivity (Wildman–Crippen MR) is 107 cm³/mol. The molecule has 144 valence electrons. The third-order valence-corrected chi connectivity index (χ3v) is 5.57. The lowest BCUT2D eigenvalue weighted by Crippen LogP contribution is -2.20. The zero-order valence-corrected chi connectivity index (χ0v) is 16.3. The second kappa shape index (κ2) is 8.43. The van der Waals surface area contributed by atoms with Crippen molar-refractivity contribution >= 4 is 23.4 Å². The Morgan fingerprint density at radius 1 is 1.21 bits per heavy atom. The molecule has 0 aliphatic heterocycles. The molecule has 8 heteroatoms. The molecular formula is C20H21N5O2S. The van der Waals surface area contributed by atoms with Gasteiger partial charge in [-0.05, 0) is 47.9 Å². The first-order valence-corrected chi connectivity index (χ1v) is 10.2. The second-order valence-corrected chi connectivity index (χ2v) is 7.54. The third-order valence-electron chi connectivity index (χ3n) is 4.36. The molecule has 1 aliphatic rings. The van der Waals surface area contributed by atoms with E-state index in [0.29, 0.717) is 29.2 Å². The maximum Gasteiger partial charge on any atom is 0.242 e. The molecule has 3 aromatic rings. The van der Waals surface area contributed by atoms with Crippen LogP contribution in [0.3, 0.4) is 0 Å². The van der Waals surface area contributed by atoms with Gasteiger partial charge in [0.25, 0.3) is 0 Å². The summed E-state index contributed by atoms with van der Waals surface area (Å²) in [7, 11) is 0. The standard InChI is InChI=1S/C20H21N5O2S/c1-2-27-17-11-7-6-10-16(17)21-19(26)18(14-8-4-3-5-9-14)28-20-22-23-24-25(20)15-12-13-15/h3-11,15,18H,2,12-13H2,1H3,(H,21,26)/t18-/m1/s1. The third kappa shape index (κ3) is 4.17. The van der Waals surface area contributed by atoms with Crippen LogP contribution < -0.4 is 10.1 Å². The monoisotopic (exact) mass is 395 g/mol. The quantitative estimate of drug-likeness (QED) is 0.583. The Kier molecular flexibility index (Phi) is 5.57. The van der Waals surface area contributed by atoms with Crippen LogP contribution in [0.2, 0.25) is 0 Å². The van der Waals surface area contributed by atoms with E-state index in [9.17, 15) is 4.79 Å². The number of thioether (sulfide) groups is 1. The Bertz CT molecular complexity index is 943. The Morgan fingerprint density at radius 2 is 1.96 bits per heavy atom. The van der Waals surface area contributed by atoms with Crippen molar-refractivity contribution in [2.45, 2.75) is 36.2 Å². The summed E-state index contributed by atoms with van der Waals surface area (Å²) in [6.07, 6.45) is 2.14. The van der Waals surface area contributed by atoms with Crippen LogP contribution >= 0.6 is 11.8 Å². The van der Waals surface area contributed by atoms with Gasteiger partial charge in [0.05, 0.1) is 18.3 Å². The fraction of sp³-hybridized carbons (Fsp3) is 0.300. The molecule has 0 radical (unpaired) electrons. The summed E-state index contributed by atoms with van der Waals surface area (Å²) < 4.78 is 7.45. The molecule has 1 atom stereocenters. The number of nitrogens with zero attached hydrogens (tertiary/aromatic N) is 4. The first-order valence-electron chi connectivity index (χ1n) is 9.28. The number of hydrogen-bond donors (Lipinski definition) is 1. The van der Waals surface area contributed by atoms with Gasteiger partial charge >= 0.3 is 0 Å². The zero-order valence-electron chi connectivity index (χ0n) is 15.5. The fourth-order valence-electron chi connectivity index (χ4n) is 2.87. The van der Waals surface area contributed by atoms with Crippen molar-refractivity contribution in [2.75, 3.05) is 11.9 Å². The number of tetrazole rings is 1. The van der Waals surface area contributed by atoms with Crippen LogP contribution in [0.15, 0.2) is 59.8 Å². The number of hydrogen-bond acceptors (Lipinski definition) is 6. The highest BCUT2D eigenvalue weighted by molar-refractivity contribution is 8.00. The molecule has 1 N–H and O–H groups in total. The van der Waals surface area contributed by atoms with E-state index in [1.807, 2.05) is 66.2 Å². The molecule has 28 heavy (non-hydrogen) atoms. The minimum atomic E-state index is -0.487. The second-order valence-electron chi connectivity index (χ2n) is 6.46. The van der Waals surface area contributed by atoms with Crippen LogP contribution in [-0.2, 0) is 4.79 Å². The average Bonchev–Trinajstić information content (AvgIpc) is 3.46. The van der Waals surface area contributed by atoms with E-state index < -0.39 is 5.25 Å². The van der Waals surface area contributed by atoms with Crippen molar-refractivity contribution in [1.29, 1.82) is 0 Å². The summed E-state index contributed by atoms with van der Waals surface area (Å²) in [5.41, 5.74) is 1.54. The number of carbonyl (C=O) groups excluding carboxylic acids is 1. The molecular weight excluding hydrogens is 374 g/mol. The van der Waals surface area contributed by atoms with Gasteiger partial charge in [0.2, 0.25) is 11.1 Å². The van der Waals surface area contributed by atoms with Crippen LogP contribution in [0.5, 0.6) is 5.75 Å². The lowest BCUT2D eigenvalue weighted by atomic mass is 10.1. The van der Waals surface area contributed by atoms with Crippen LogP contribution in [0.25, 0.3) is 0 Å².